The second-order valence-corrected chi connectivity index (χ2v) is 2.41. The molecule has 0 aromatic heterocycles. The van der Waals surface area contributed by atoms with Gasteiger partial charge in [-0.2, -0.15) is 0 Å². The highest BCUT2D eigenvalue weighted by Gasteiger charge is 2.07. The number of ether oxygens (including phenoxy) is 1. The molecule has 0 radical (unpaired) electrons. The van der Waals surface area contributed by atoms with Crippen molar-refractivity contribution in [3.8, 4) is 11.8 Å². The second-order valence-electron chi connectivity index (χ2n) is 2.41. The molecule has 0 unspecified atom stereocenters. The molecule has 0 saturated carbocycles. The van der Waals surface area contributed by atoms with Gasteiger partial charge in [-0.3, -0.25) is 4.90 Å². The average Bonchev–Trinajstić information content (AvgIpc) is 2.07. The Bertz CT molecular complexity index is 172. The Hall–Kier alpha value is -0.780. The summed E-state index contributed by atoms with van der Waals surface area (Å²) in [5.74, 6) is 5.83. The Kier molecular flexibility index (Phi) is 3.74. The van der Waals surface area contributed by atoms with Crippen molar-refractivity contribution in [2.75, 3.05) is 32.8 Å². The highest BCUT2D eigenvalue weighted by atomic mass is 16.5. The molecule has 1 fully saturated rings. The molecule has 1 heterocycles. The minimum absolute atomic E-state index is 0.843. The van der Waals surface area contributed by atoms with E-state index in [1.165, 1.54) is 0 Å². The zero-order valence-electron chi connectivity index (χ0n) is 6.68. The van der Waals surface area contributed by atoms with Gasteiger partial charge in [-0.25, -0.2) is 0 Å². The van der Waals surface area contributed by atoms with Crippen LogP contribution in [0.25, 0.3) is 0 Å². The largest absolute Gasteiger partial charge is 0.379 e. The molecule has 0 aliphatic carbocycles. The van der Waals surface area contributed by atoms with E-state index in [-0.39, 0.29) is 0 Å². The molecule has 11 heavy (non-hydrogen) atoms. The van der Waals surface area contributed by atoms with Gasteiger partial charge in [0.25, 0.3) is 0 Å². The molecule has 2 heteroatoms. The van der Waals surface area contributed by atoms with Crippen LogP contribution in [-0.4, -0.2) is 37.7 Å². The Balaban J connectivity index is 2.19. The number of allylic oxidation sites excluding steroid dienone is 1. The van der Waals surface area contributed by atoms with Crippen molar-refractivity contribution >= 4 is 0 Å². The molecular formula is C9H13NO. The zero-order chi connectivity index (χ0) is 7.94. The van der Waals surface area contributed by atoms with Crippen LogP contribution in [0.5, 0.6) is 0 Å². The maximum atomic E-state index is 5.20. The first kappa shape index (κ1) is 8.32. The molecule has 1 rings (SSSR count). The van der Waals surface area contributed by atoms with Crippen LogP contribution < -0.4 is 0 Å². The molecule has 2 nitrogen and oxygen atoms in total. The van der Waals surface area contributed by atoms with E-state index in [9.17, 15) is 0 Å². The molecule has 0 spiro atoms. The lowest BCUT2D eigenvalue weighted by Crippen LogP contribution is -2.36. The number of hydrogen-bond acceptors (Lipinski definition) is 2. The average molecular weight is 151 g/mol. The van der Waals surface area contributed by atoms with Gasteiger partial charge in [0.2, 0.25) is 0 Å². The summed E-state index contributed by atoms with van der Waals surface area (Å²) in [6.07, 6.45) is 1.63. The molecule has 1 saturated heterocycles. The van der Waals surface area contributed by atoms with E-state index < -0.39 is 0 Å². The van der Waals surface area contributed by atoms with E-state index in [1.54, 1.807) is 6.08 Å². The van der Waals surface area contributed by atoms with E-state index >= 15 is 0 Å². The topological polar surface area (TPSA) is 12.5 Å². The molecule has 0 aromatic carbocycles. The van der Waals surface area contributed by atoms with Crippen LogP contribution in [0.3, 0.4) is 0 Å². The first-order valence-corrected chi connectivity index (χ1v) is 3.83. The first-order valence-electron chi connectivity index (χ1n) is 3.83. The zero-order valence-corrected chi connectivity index (χ0v) is 6.68. The van der Waals surface area contributed by atoms with Crippen LogP contribution in [0, 0.1) is 11.8 Å². The fourth-order valence-electron chi connectivity index (χ4n) is 0.989. The van der Waals surface area contributed by atoms with Gasteiger partial charge >= 0.3 is 0 Å². The molecule has 0 amide bonds. The Labute approximate surface area is 67.8 Å². The number of morpholine rings is 1. The quantitative estimate of drug-likeness (QED) is 0.506. The van der Waals surface area contributed by atoms with E-state index in [4.69, 9.17) is 4.74 Å². The fraction of sp³-hybridized carbons (Fsp3) is 0.556. The van der Waals surface area contributed by atoms with E-state index in [0.717, 1.165) is 32.8 Å². The summed E-state index contributed by atoms with van der Waals surface area (Å²) in [4.78, 5) is 2.28. The minimum atomic E-state index is 0.843. The summed E-state index contributed by atoms with van der Waals surface area (Å²) < 4.78 is 5.20. The third-order valence-corrected chi connectivity index (χ3v) is 1.61. The van der Waals surface area contributed by atoms with E-state index in [0.29, 0.717) is 0 Å². The number of hydrogen-bond donors (Lipinski definition) is 0. The van der Waals surface area contributed by atoms with Crippen LogP contribution in [0.1, 0.15) is 0 Å². The molecule has 1 aliphatic rings. The summed E-state index contributed by atoms with van der Waals surface area (Å²) in [5, 5.41) is 0. The monoisotopic (exact) mass is 151 g/mol. The second kappa shape index (κ2) is 4.95. The van der Waals surface area contributed by atoms with E-state index in [2.05, 4.69) is 23.3 Å². The lowest BCUT2D eigenvalue weighted by molar-refractivity contribution is 0.0443. The van der Waals surface area contributed by atoms with Gasteiger partial charge in [0.1, 0.15) is 0 Å². The van der Waals surface area contributed by atoms with Crippen molar-refractivity contribution in [1.29, 1.82) is 0 Å². The maximum absolute atomic E-state index is 5.20. The Morgan fingerprint density at radius 2 is 2.18 bits per heavy atom. The SMILES string of the molecule is C=CC#CCN1CCOCC1. The van der Waals surface area contributed by atoms with Crippen LogP contribution in [0.2, 0.25) is 0 Å². The van der Waals surface area contributed by atoms with Crippen molar-refractivity contribution in [2.24, 2.45) is 0 Å². The highest BCUT2D eigenvalue weighted by Crippen LogP contribution is 1.94. The van der Waals surface area contributed by atoms with Gasteiger partial charge in [-0.1, -0.05) is 18.4 Å². The fourth-order valence-corrected chi connectivity index (χ4v) is 0.989. The molecule has 0 aromatic rings. The smallest absolute Gasteiger partial charge is 0.0606 e. The summed E-state index contributed by atoms with van der Waals surface area (Å²) in [6.45, 7) is 8.07. The third kappa shape index (κ3) is 3.22. The van der Waals surface area contributed by atoms with Gasteiger partial charge in [-0.15, -0.1) is 0 Å². The summed E-state index contributed by atoms with van der Waals surface area (Å²) in [6, 6.07) is 0. The van der Waals surface area contributed by atoms with Crippen LogP contribution in [0.15, 0.2) is 12.7 Å². The molecular weight excluding hydrogens is 138 g/mol. The predicted octanol–water partition coefficient (Wildman–Crippen LogP) is 0.508. The van der Waals surface area contributed by atoms with Crippen molar-refractivity contribution in [1.82, 2.24) is 4.90 Å². The van der Waals surface area contributed by atoms with Gasteiger partial charge in [0, 0.05) is 13.1 Å². The minimum Gasteiger partial charge on any atom is -0.379 e. The van der Waals surface area contributed by atoms with Gasteiger partial charge in [0.15, 0.2) is 0 Å². The van der Waals surface area contributed by atoms with Crippen molar-refractivity contribution in [2.45, 2.75) is 0 Å². The summed E-state index contributed by atoms with van der Waals surface area (Å²) in [7, 11) is 0. The van der Waals surface area contributed by atoms with E-state index in [1.807, 2.05) is 0 Å². The maximum Gasteiger partial charge on any atom is 0.0606 e. The summed E-state index contributed by atoms with van der Waals surface area (Å²) >= 11 is 0. The van der Waals surface area contributed by atoms with Crippen molar-refractivity contribution < 1.29 is 4.74 Å². The molecule has 0 bridgehead atoms. The lowest BCUT2D eigenvalue weighted by Gasteiger charge is -2.24. The van der Waals surface area contributed by atoms with Gasteiger partial charge < -0.3 is 4.74 Å². The van der Waals surface area contributed by atoms with Crippen molar-refractivity contribution in [3.63, 3.8) is 0 Å². The summed E-state index contributed by atoms with van der Waals surface area (Å²) in [5.41, 5.74) is 0. The molecule has 1 aliphatic heterocycles. The normalized spacial score (nSPS) is 18.5. The Morgan fingerprint density at radius 1 is 1.45 bits per heavy atom. The van der Waals surface area contributed by atoms with Crippen LogP contribution in [-0.2, 0) is 4.74 Å². The number of nitrogens with zero attached hydrogens (tertiary/aromatic N) is 1. The Morgan fingerprint density at radius 3 is 2.82 bits per heavy atom. The molecule has 0 N–H and O–H groups in total. The molecule has 0 atom stereocenters. The van der Waals surface area contributed by atoms with Gasteiger partial charge in [-0.05, 0) is 6.08 Å². The van der Waals surface area contributed by atoms with Gasteiger partial charge in [0.05, 0.1) is 19.8 Å². The van der Waals surface area contributed by atoms with Crippen molar-refractivity contribution in [3.05, 3.63) is 12.7 Å². The van der Waals surface area contributed by atoms with Crippen LogP contribution in [0.4, 0.5) is 0 Å². The lowest BCUT2D eigenvalue weighted by atomic mass is 10.4. The van der Waals surface area contributed by atoms with Crippen LogP contribution >= 0.6 is 0 Å². The standard InChI is InChI=1S/C9H13NO/c1-2-3-4-5-10-6-8-11-9-7-10/h2H,1,5-9H2. The highest BCUT2D eigenvalue weighted by molar-refractivity contribution is 5.13. The third-order valence-electron chi connectivity index (χ3n) is 1.61. The molecule has 60 valence electrons. The number of rotatable bonds is 1. The first-order chi connectivity index (χ1) is 5.43. The predicted molar refractivity (Wildman–Crippen MR) is 45.2 cm³/mol.